The van der Waals surface area contributed by atoms with Gasteiger partial charge in [-0.1, -0.05) is 15.9 Å². The van der Waals surface area contributed by atoms with Gasteiger partial charge in [-0.15, -0.1) is 0 Å². The number of primary amides is 1. The lowest BCUT2D eigenvalue weighted by Gasteiger charge is -2.08. The second kappa shape index (κ2) is 4.81. The summed E-state index contributed by atoms with van der Waals surface area (Å²) in [5.74, 6) is -0.715. The highest BCUT2D eigenvalue weighted by molar-refractivity contribution is 9.10. The first kappa shape index (κ1) is 12.9. The molecule has 0 aliphatic rings. The zero-order valence-electron chi connectivity index (χ0n) is 8.01. The minimum atomic E-state index is -3.91. The summed E-state index contributed by atoms with van der Waals surface area (Å²) in [6, 6.07) is 4.23. The Hall–Kier alpha value is -1.12. The maximum absolute atomic E-state index is 11.2. The monoisotopic (exact) mass is 308 g/mol. The molecule has 1 amide bonds. The van der Waals surface area contributed by atoms with E-state index in [2.05, 4.69) is 15.9 Å². The van der Waals surface area contributed by atoms with Crippen LogP contribution in [0.25, 0.3) is 0 Å². The molecule has 0 aromatic heterocycles. The van der Waals surface area contributed by atoms with Gasteiger partial charge in [-0.25, -0.2) is 13.6 Å². The van der Waals surface area contributed by atoms with Gasteiger partial charge in [-0.3, -0.25) is 4.79 Å². The predicted octanol–water partition coefficient (Wildman–Crippen LogP) is -0.0394. The van der Waals surface area contributed by atoms with Crippen LogP contribution in [-0.2, 0) is 14.8 Å². The zero-order chi connectivity index (χ0) is 12.3. The number of carbonyl (C=O) groups excluding carboxylic acids is 1. The average Bonchev–Trinajstić information content (AvgIpc) is 2.14. The van der Waals surface area contributed by atoms with Gasteiger partial charge in [0.1, 0.15) is 10.6 Å². The summed E-state index contributed by atoms with van der Waals surface area (Å²) in [4.78, 5) is 10.3. The van der Waals surface area contributed by atoms with E-state index in [1.807, 2.05) is 0 Å². The van der Waals surface area contributed by atoms with E-state index in [1.165, 1.54) is 12.1 Å². The molecule has 16 heavy (non-hydrogen) atoms. The van der Waals surface area contributed by atoms with Crippen molar-refractivity contribution in [2.75, 3.05) is 6.61 Å². The number of benzene rings is 1. The van der Waals surface area contributed by atoms with Crippen LogP contribution in [0.1, 0.15) is 0 Å². The van der Waals surface area contributed by atoms with Gasteiger partial charge < -0.3 is 10.5 Å². The third kappa shape index (κ3) is 3.47. The molecule has 1 rings (SSSR count). The van der Waals surface area contributed by atoms with Gasteiger partial charge in [-0.05, 0) is 18.2 Å². The molecule has 4 N–H and O–H groups in total. The van der Waals surface area contributed by atoms with Crippen molar-refractivity contribution in [1.82, 2.24) is 0 Å². The lowest BCUT2D eigenvalue weighted by Crippen LogP contribution is -2.21. The minimum Gasteiger partial charge on any atom is -0.482 e. The summed E-state index contributed by atoms with van der Waals surface area (Å²) < 4.78 is 27.9. The Morgan fingerprint density at radius 3 is 2.56 bits per heavy atom. The molecule has 8 heteroatoms. The summed E-state index contributed by atoms with van der Waals surface area (Å²) in [5, 5.41) is 4.99. The topological polar surface area (TPSA) is 112 Å². The molecule has 1 aromatic carbocycles. The van der Waals surface area contributed by atoms with Crippen molar-refractivity contribution in [3.63, 3.8) is 0 Å². The molecule has 0 spiro atoms. The van der Waals surface area contributed by atoms with Crippen molar-refractivity contribution in [1.29, 1.82) is 0 Å². The van der Waals surface area contributed by atoms with Gasteiger partial charge in [0.15, 0.2) is 6.61 Å². The number of amides is 1. The third-order valence-electron chi connectivity index (χ3n) is 1.58. The SMILES string of the molecule is NC(=O)COc1ccc(Br)cc1S(N)(=O)=O. The standard InChI is InChI=1S/C8H9BrN2O4S/c9-5-1-2-6(15-4-8(10)12)7(3-5)16(11,13)14/h1-3H,4H2,(H2,10,12)(H2,11,13,14). The van der Waals surface area contributed by atoms with E-state index in [1.54, 1.807) is 6.07 Å². The number of primary sulfonamides is 1. The summed E-state index contributed by atoms with van der Waals surface area (Å²) in [7, 11) is -3.91. The number of hydrogen-bond donors (Lipinski definition) is 2. The van der Waals surface area contributed by atoms with E-state index in [0.717, 1.165) is 0 Å². The fraction of sp³-hybridized carbons (Fsp3) is 0.125. The Morgan fingerprint density at radius 1 is 1.44 bits per heavy atom. The van der Waals surface area contributed by atoms with Gasteiger partial charge in [0.25, 0.3) is 5.91 Å². The highest BCUT2D eigenvalue weighted by Crippen LogP contribution is 2.26. The molecule has 6 nitrogen and oxygen atoms in total. The zero-order valence-corrected chi connectivity index (χ0v) is 10.4. The number of hydrogen-bond acceptors (Lipinski definition) is 4. The normalized spacial score (nSPS) is 11.1. The van der Waals surface area contributed by atoms with Gasteiger partial charge in [0.05, 0.1) is 0 Å². The molecule has 1 aromatic rings. The van der Waals surface area contributed by atoms with Crippen LogP contribution in [0.2, 0.25) is 0 Å². The van der Waals surface area contributed by atoms with Crippen LogP contribution in [0.3, 0.4) is 0 Å². The number of nitrogens with two attached hydrogens (primary N) is 2. The number of ether oxygens (including phenoxy) is 1. The van der Waals surface area contributed by atoms with Crippen LogP contribution < -0.4 is 15.6 Å². The van der Waals surface area contributed by atoms with Crippen molar-refractivity contribution in [2.45, 2.75) is 4.90 Å². The second-order valence-electron chi connectivity index (χ2n) is 2.89. The molecule has 0 saturated heterocycles. The molecule has 0 fully saturated rings. The van der Waals surface area contributed by atoms with Crippen molar-refractivity contribution in [3.8, 4) is 5.75 Å². The Morgan fingerprint density at radius 2 is 2.06 bits per heavy atom. The molecule has 0 atom stereocenters. The van der Waals surface area contributed by atoms with Crippen LogP contribution in [-0.4, -0.2) is 20.9 Å². The van der Waals surface area contributed by atoms with E-state index in [9.17, 15) is 13.2 Å². The summed E-state index contributed by atoms with van der Waals surface area (Å²) in [5.41, 5.74) is 4.88. The van der Waals surface area contributed by atoms with E-state index in [4.69, 9.17) is 15.6 Å². The molecule has 0 bridgehead atoms. The molecule has 0 unspecified atom stereocenters. The quantitative estimate of drug-likeness (QED) is 0.812. The summed E-state index contributed by atoms with van der Waals surface area (Å²) in [6.07, 6.45) is 0. The first-order valence-corrected chi connectivity index (χ1v) is 6.38. The minimum absolute atomic E-state index is 0.00972. The lowest BCUT2D eigenvalue weighted by atomic mass is 10.3. The molecule has 0 aliphatic carbocycles. The highest BCUT2D eigenvalue weighted by Gasteiger charge is 2.16. The Labute approximate surface area is 101 Å². The maximum Gasteiger partial charge on any atom is 0.255 e. The molecular formula is C8H9BrN2O4S. The molecule has 88 valence electrons. The lowest BCUT2D eigenvalue weighted by molar-refractivity contribution is -0.120. The fourth-order valence-electron chi connectivity index (χ4n) is 0.972. The van der Waals surface area contributed by atoms with Crippen molar-refractivity contribution >= 4 is 31.9 Å². The first-order chi connectivity index (χ1) is 7.30. The first-order valence-electron chi connectivity index (χ1n) is 4.04. The molecule has 0 aliphatic heterocycles. The maximum atomic E-state index is 11.2. The van der Waals surface area contributed by atoms with E-state index >= 15 is 0 Å². The van der Waals surface area contributed by atoms with Crippen LogP contribution in [0.15, 0.2) is 27.6 Å². The number of rotatable bonds is 4. The Kier molecular flexibility index (Phi) is 3.89. The summed E-state index contributed by atoms with van der Waals surface area (Å²) in [6.45, 7) is -0.413. The molecule has 0 saturated carbocycles. The average molecular weight is 309 g/mol. The third-order valence-corrected chi connectivity index (χ3v) is 3.01. The van der Waals surface area contributed by atoms with Crippen LogP contribution >= 0.6 is 15.9 Å². The van der Waals surface area contributed by atoms with Gasteiger partial charge in [0.2, 0.25) is 10.0 Å². The summed E-state index contributed by atoms with van der Waals surface area (Å²) >= 11 is 3.10. The van der Waals surface area contributed by atoms with Crippen molar-refractivity contribution < 1.29 is 17.9 Å². The smallest absolute Gasteiger partial charge is 0.255 e. The second-order valence-corrected chi connectivity index (χ2v) is 5.34. The van der Waals surface area contributed by atoms with Gasteiger partial charge >= 0.3 is 0 Å². The van der Waals surface area contributed by atoms with Gasteiger partial charge in [-0.2, -0.15) is 0 Å². The Balaban J connectivity index is 3.13. The van der Waals surface area contributed by atoms with Crippen LogP contribution in [0.5, 0.6) is 5.75 Å². The molecule has 0 radical (unpaired) electrons. The van der Waals surface area contributed by atoms with Crippen molar-refractivity contribution in [3.05, 3.63) is 22.7 Å². The largest absolute Gasteiger partial charge is 0.482 e. The number of carbonyl (C=O) groups is 1. The van der Waals surface area contributed by atoms with E-state index < -0.39 is 22.5 Å². The number of halogens is 1. The number of sulfonamides is 1. The van der Waals surface area contributed by atoms with E-state index in [-0.39, 0.29) is 10.6 Å². The van der Waals surface area contributed by atoms with Gasteiger partial charge in [0, 0.05) is 4.47 Å². The van der Waals surface area contributed by atoms with E-state index in [0.29, 0.717) is 4.47 Å². The van der Waals surface area contributed by atoms with Crippen molar-refractivity contribution in [2.24, 2.45) is 10.9 Å². The highest BCUT2D eigenvalue weighted by atomic mass is 79.9. The fourth-order valence-corrected chi connectivity index (χ4v) is 2.18. The Bertz CT molecular complexity index is 515. The van der Waals surface area contributed by atoms with Crippen LogP contribution in [0, 0.1) is 0 Å². The molecule has 0 heterocycles. The molecular weight excluding hydrogens is 300 g/mol. The van der Waals surface area contributed by atoms with Crippen LogP contribution in [0.4, 0.5) is 0 Å². The predicted molar refractivity (Wildman–Crippen MR) is 60.2 cm³/mol.